The number of carbonyl (C=O) groups is 1. The number of nitrogens with zero attached hydrogens (tertiary/aromatic N) is 2. The molecule has 20 heavy (non-hydrogen) atoms. The summed E-state index contributed by atoms with van der Waals surface area (Å²) in [4.78, 5) is 18.8. The molecular weight excluding hydrogens is 250 g/mol. The highest BCUT2D eigenvalue weighted by molar-refractivity contribution is 6.05. The number of likely N-dealkylation sites (tertiary alicyclic amines) is 1. The Morgan fingerprint density at radius 1 is 1.20 bits per heavy atom. The number of nitrogens with one attached hydrogen (secondary N) is 1. The molecule has 1 N–H and O–H groups in total. The molecule has 4 heteroatoms. The number of anilines is 1. The Balaban J connectivity index is 0.000000461. The van der Waals surface area contributed by atoms with Crippen LogP contribution in [0, 0.1) is 0 Å². The van der Waals surface area contributed by atoms with Crippen molar-refractivity contribution < 1.29 is 4.79 Å². The summed E-state index contributed by atoms with van der Waals surface area (Å²) in [6.07, 6.45) is 3.53. The van der Waals surface area contributed by atoms with E-state index in [0.717, 1.165) is 37.3 Å². The van der Waals surface area contributed by atoms with Crippen LogP contribution < -0.4 is 5.32 Å². The van der Waals surface area contributed by atoms with Gasteiger partial charge >= 0.3 is 0 Å². The molecule has 0 atom stereocenters. The number of aromatic nitrogens is 1. The van der Waals surface area contributed by atoms with Crippen molar-refractivity contribution in [2.75, 3.05) is 25.5 Å². The molecule has 1 fully saturated rings. The average molecular weight is 277 g/mol. The standard InChI is InChI=1S/C12H15N3O.2C2H6/c1-15-7-4-12(5-8-15)10-9(14-11(12)16)3-2-6-13-10;2*1-2/h2-3,6H,4-5,7-8H2,1H3,(H,14,16);2*1-2H3. The predicted molar refractivity (Wildman–Crippen MR) is 84.0 cm³/mol. The molecule has 0 unspecified atom stereocenters. The van der Waals surface area contributed by atoms with E-state index in [1.165, 1.54) is 0 Å². The first-order valence-corrected chi connectivity index (χ1v) is 7.68. The smallest absolute Gasteiger partial charge is 0.236 e. The fourth-order valence-corrected chi connectivity index (χ4v) is 2.70. The van der Waals surface area contributed by atoms with Gasteiger partial charge in [-0.1, -0.05) is 27.7 Å². The van der Waals surface area contributed by atoms with Crippen LogP contribution in [0.1, 0.15) is 46.2 Å². The zero-order chi connectivity index (χ0) is 15.2. The van der Waals surface area contributed by atoms with Gasteiger partial charge in [0, 0.05) is 6.20 Å². The number of carbonyl (C=O) groups excluding carboxylic acids is 1. The quantitative estimate of drug-likeness (QED) is 0.792. The topological polar surface area (TPSA) is 45.2 Å². The van der Waals surface area contributed by atoms with E-state index in [4.69, 9.17) is 0 Å². The third-order valence-electron chi connectivity index (χ3n) is 3.78. The molecule has 1 spiro atoms. The highest BCUT2D eigenvalue weighted by Crippen LogP contribution is 2.43. The van der Waals surface area contributed by atoms with Crippen LogP contribution in [-0.4, -0.2) is 35.9 Å². The summed E-state index contributed by atoms with van der Waals surface area (Å²) >= 11 is 0. The van der Waals surface area contributed by atoms with Crippen molar-refractivity contribution in [2.24, 2.45) is 0 Å². The number of rotatable bonds is 0. The molecule has 0 aliphatic carbocycles. The van der Waals surface area contributed by atoms with Crippen molar-refractivity contribution in [1.29, 1.82) is 0 Å². The second-order valence-corrected chi connectivity index (χ2v) is 4.74. The molecule has 3 rings (SSSR count). The molecule has 2 aliphatic heterocycles. The monoisotopic (exact) mass is 277 g/mol. The van der Waals surface area contributed by atoms with Gasteiger partial charge in [0.1, 0.15) is 0 Å². The minimum Gasteiger partial charge on any atom is -0.324 e. The van der Waals surface area contributed by atoms with E-state index in [0.29, 0.717) is 0 Å². The Hall–Kier alpha value is -1.42. The Bertz CT molecular complexity index is 437. The second-order valence-electron chi connectivity index (χ2n) is 4.74. The summed E-state index contributed by atoms with van der Waals surface area (Å²) in [5.41, 5.74) is 1.49. The number of piperidine rings is 1. The van der Waals surface area contributed by atoms with Crippen LogP contribution in [-0.2, 0) is 10.2 Å². The van der Waals surface area contributed by atoms with Gasteiger partial charge < -0.3 is 10.2 Å². The van der Waals surface area contributed by atoms with E-state index >= 15 is 0 Å². The maximum atomic E-state index is 12.1. The van der Waals surface area contributed by atoms with Crippen molar-refractivity contribution in [3.05, 3.63) is 24.0 Å². The van der Waals surface area contributed by atoms with Crippen molar-refractivity contribution in [3.63, 3.8) is 0 Å². The zero-order valence-corrected chi connectivity index (χ0v) is 13.4. The van der Waals surface area contributed by atoms with E-state index in [9.17, 15) is 4.79 Å². The van der Waals surface area contributed by atoms with Gasteiger partial charge in [0.15, 0.2) is 0 Å². The van der Waals surface area contributed by atoms with Gasteiger partial charge in [0.05, 0.1) is 16.8 Å². The first-order chi connectivity index (χ1) is 9.72. The van der Waals surface area contributed by atoms with Crippen molar-refractivity contribution in [2.45, 2.75) is 46.0 Å². The number of amides is 1. The van der Waals surface area contributed by atoms with E-state index in [1.807, 2.05) is 39.8 Å². The molecule has 1 aromatic heterocycles. The number of hydrogen-bond acceptors (Lipinski definition) is 3. The normalized spacial score (nSPS) is 19.1. The molecular formula is C16H27N3O. The van der Waals surface area contributed by atoms with E-state index in [1.54, 1.807) is 6.20 Å². The summed E-state index contributed by atoms with van der Waals surface area (Å²) < 4.78 is 0. The molecule has 0 bridgehead atoms. The third-order valence-corrected chi connectivity index (χ3v) is 3.78. The molecule has 0 radical (unpaired) electrons. The highest BCUT2D eigenvalue weighted by atomic mass is 16.2. The molecule has 1 aromatic rings. The Labute approximate surface area is 122 Å². The maximum Gasteiger partial charge on any atom is 0.236 e. The second kappa shape index (κ2) is 7.39. The van der Waals surface area contributed by atoms with Crippen molar-refractivity contribution in [1.82, 2.24) is 9.88 Å². The number of hydrogen-bond donors (Lipinski definition) is 1. The minimum atomic E-state index is -0.358. The summed E-state index contributed by atoms with van der Waals surface area (Å²) in [6, 6.07) is 3.81. The first kappa shape index (κ1) is 16.6. The number of fused-ring (bicyclic) bond motifs is 2. The van der Waals surface area contributed by atoms with Crippen molar-refractivity contribution >= 4 is 11.6 Å². The number of pyridine rings is 1. The fraction of sp³-hybridized carbons (Fsp3) is 0.625. The van der Waals surface area contributed by atoms with Crippen LogP contribution in [0.4, 0.5) is 5.69 Å². The molecule has 0 aromatic carbocycles. The molecule has 4 nitrogen and oxygen atoms in total. The van der Waals surface area contributed by atoms with Crippen LogP contribution in [0.15, 0.2) is 18.3 Å². The largest absolute Gasteiger partial charge is 0.324 e. The van der Waals surface area contributed by atoms with Crippen molar-refractivity contribution in [3.8, 4) is 0 Å². The van der Waals surface area contributed by atoms with Crippen LogP contribution >= 0.6 is 0 Å². The molecule has 1 amide bonds. The first-order valence-electron chi connectivity index (χ1n) is 7.68. The van der Waals surface area contributed by atoms with E-state index in [-0.39, 0.29) is 11.3 Å². The lowest BCUT2D eigenvalue weighted by molar-refractivity contribution is -0.122. The Morgan fingerprint density at radius 2 is 1.80 bits per heavy atom. The van der Waals surface area contributed by atoms with Gasteiger partial charge in [-0.2, -0.15) is 0 Å². The van der Waals surface area contributed by atoms with Gasteiger partial charge in [-0.25, -0.2) is 0 Å². The molecule has 3 heterocycles. The lowest BCUT2D eigenvalue weighted by Crippen LogP contribution is -2.45. The fourth-order valence-electron chi connectivity index (χ4n) is 2.70. The lowest BCUT2D eigenvalue weighted by atomic mass is 9.76. The van der Waals surface area contributed by atoms with Crippen LogP contribution in [0.25, 0.3) is 0 Å². The summed E-state index contributed by atoms with van der Waals surface area (Å²) in [7, 11) is 2.10. The van der Waals surface area contributed by atoms with Gasteiger partial charge in [0.25, 0.3) is 0 Å². The highest BCUT2D eigenvalue weighted by Gasteiger charge is 2.49. The van der Waals surface area contributed by atoms with Crippen LogP contribution in [0.2, 0.25) is 0 Å². The molecule has 1 saturated heterocycles. The Morgan fingerprint density at radius 3 is 2.40 bits per heavy atom. The van der Waals surface area contributed by atoms with E-state index < -0.39 is 0 Å². The SMILES string of the molecule is CC.CC.CN1CCC2(CC1)C(=O)Nc1cccnc12. The predicted octanol–water partition coefficient (Wildman–Crippen LogP) is 3.05. The van der Waals surface area contributed by atoms with Crippen LogP contribution in [0.3, 0.4) is 0 Å². The molecule has 112 valence electrons. The lowest BCUT2D eigenvalue weighted by Gasteiger charge is -2.35. The zero-order valence-electron chi connectivity index (χ0n) is 13.4. The minimum absolute atomic E-state index is 0.134. The van der Waals surface area contributed by atoms with Gasteiger partial charge in [-0.3, -0.25) is 9.78 Å². The van der Waals surface area contributed by atoms with E-state index in [2.05, 4.69) is 22.2 Å². The average Bonchev–Trinajstić information content (AvgIpc) is 2.79. The summed E-state index contributed by atoms with van der Waals surface area (Å²) in [5.74, 6) is 0.134. The summed E-state index contributed by atoms with van der Waals surface area (Å²) in [5, 5.41) is 2.95. The van der Waals surface area contributed by atoms with Gasteiger partial charge in [-0.15, -0.1) is 0 Å². The van der Waals surface area contributed by atoms with Gasteiger partial charge in [-0.05, 0) is 45.1 Å². The molecule has 0 saturated carbocycles. The third kappa shape index (κ3) is 2.85. The molecule has 2 aliphatic rings. The van der Waals surface area contributed by atoms with Crippen LogP contribution in [0.5, 0.6) is 0 Å². The maximum absolute atomic E-state index is 12.1. The Kier molecular flexibility index (Phi) is 6.14. The summed E-state index contributed by atoms with van der Waals surface area (Å²) in [6.45, 7) is 9.92. The van der Waals surface area contributed by atoms with Gasteiger partial charge in [0.2, 0.25) is 5.91 Å².